The highest BCUT2D eigenvalue weighted by molar-refractivity contribution is 5.97. The van der Waals surface area contributed by atoms with Crippen molar-refractivity contribution in [2.75, 3.05) is 12.3 Å². The Bertz CT molecular complexity index is 612. The van der Waals surface area contributed by atoms with Gasteiger partial charge in [0.15, 0.2) is 0 Å². The molecule has 2 heterocycles. The van der Waals surface area contributed by atoms with Gasteiger partial charge in [-0.1, -0.05) is 0 Å². The van der Waals surface area contributed by atoms with E-state index in [0.717, 1.165) is 5.56 Å². The van der Waals surface area contributed by atoms with Crippen molar-refractivity contribution < 1.29 is 4.79 Å². The van der Waals surface area contributed by atoms with E-state index >= 15 is 0 Å². The van der Waals surface area contributed by atoms with Crippen LogP contribution in [-0.4, -0.2) is 32.0 Å². The number of carbonyl (C=O) groups excluding carboxylic acids is 1. The van der Waals surface area contributed by atoms with Gasteiger partial charge < -0.3 is 11.1 Å². The molecule has 1 amide bonds. The van der Waals surface area contributed by atoms with Gasteiger partial charge in [0.2, 0.25) is 0 Å². The molecule has 2 rings (SSSR count). The number of nitrogen functional groups attached to an aromatic ring is 1. The molecule has 0 saturated carbocycles. The number of aromatic nitrogens is 4. The summed E-state index contributed by atoms with van der Waals surface area (Å²) < 4.78 is 3.42. The molecule has 0 fully saturated rings. The fraction of sp³-hybridized carbons (Fsp3) is 0.462. The predicted molar refractivity (Wildman–Crippen MR) is 76.3 cm³/mol. The fourth-order valence-electron chi connectivity index (χ4n) is 2.02. The summed E-state index contributed by atoms with van der Waals surface area (Å²) in [7, 11) is 0. The molecule has 0 aliphatic rings. The normalized spacial score (nSPS) is 10.8. The molecule has 0 bridgehead atoms. The Hall–Kier alpha value is -2.31. The van der Waals surface area contributed by atoms with Crippen molar-refractivity contribution in [3.8, 4) is 0 Å². The minimum Gasteiger partial charge on any atom is -0.395 e. The van der Waals surface area contributed by atoms with Gasteiger partial charge in [-0.05, 0) is 26.3 Å². The molecule has 0 aliphatic carbocycles. The van der Waals surface area contributed by atoms with Gasteiger partial charge in [-0.2, -0.15) is 10.2 Å². The predicted octanol–water partition coefficient (Wildman–Crippen LogP) is 0.729. The fourth-order valence-corrected chi connectivity index (χ4v) is 2.02. The zero-order valence-corrected chi connectivity index (χ0v) is 12.1. The molecule has 2 aromatic rings. The van der Waals surface area contributed by atoms with Gasteiger partial charge in [-0.15, -0.1) is 0 Å². The maximum absolute atomic E-state index is 12.2. The molecule has 20 heavy (non-hydrogen) atoms. The SMILES string of the molecule is CCn1nc(C)c(N)c1C(=O)NCCn1cc(C)cn1. The molecule has 0 saturated heterocycles. The first-order valence-corrected chi connectivity index (χ1v) is 6.63. The van der Waals surface area contributed by atoms with Crippen LogP contribution in [0.3, 0.4) is 0 Å². The highest BCUT2D eigenvalue weighted by Crippen LogP contribution is 2.15. The van der Waals surface area contributed by atoms with Crippen LogP contribution in [0.25, 0.3) is 0 Å². The quantitative estimate of drug-likeness (QED) is 0.842. The van der Waals surface area contributed by atoms with E-state index in [1.54, 1.807) is 22.5 Å². The van der Waals surface area contributed by atoms with E-state index in [-0.39, 0.29) is 5.91 Å². The van der Waals surface area contributed by atoms with Crippen LogP contribution in [0, 0.1) is 13.8 Å². The first-order chi connectivity index (χ1) is 9.52. The van der Waals surface area contributed by atoms with Crippen LogP contribution in [0.1, 0.15) is 28.7 Å². The van der Waals surface area contributed by atoms with Crippen LogP contribution in [-0.2, 0) is 13.1 Å². The minimum absolute atomic E-state index is 0.200. The molecule has 3 N–H and O–H groups in total. The molecule has 0 radical (unpaired) electrons. The lowest BCUT2D eigenvalue weighted by molar-refractivity contribution is 0.0942. The van der Waals surface area contributed by atoms with Crippen molar-refractivity contribution in [3.05, 3.63) is 29.3 Å². The van der Waals surface area contributed by atoms with Crippen molar-refractivity contribution in [1.29, 1.82) is 0 Å². The van der Waals surface area contributed by atoms with Crippen molar-refractivity contribution in [1.82, 2.24) is 24.9 Å². The molecule has 0 aliphatic heterocycles. The lowest BCUT2D eigenvalue weighted by Crippen LogP contribution is -2.30. The van der Waals surface area contributed by atoms with Crippen LogP contribution < -0.4 is 11.1 Å². The van der Waals surface area contributed by atoms with Crippen molar-refractivity contribution in [3.63, 3.8) is 0 Å². The summed E-state index contributed by atoms with van der Waals surface area (Å²) in [5.74, 6) is -0.200. The zero-order chi connectivity index (χ0) is 14.7. The maximum atomic E-state index is 12.2. The summed E-state index contributed by atoms with van der Waals surface area (Å²) in [5.41, 5.74) is 8.56. The van der Waals surface area contributed by atoms with E-state index in [9.17, 15) is 4.79 Å². The largest absolute Gasteiger partial charge is 0.395 e. The number of rotatable bonds is 5. The second kappa shape index (κ2) is 5.77. The number of amides is 1. The molecular formula is C13H20N6O. The number of nitrogens with one attached hydrogen (secondary N) is 1. The van der Waals surface area contributed by atoms with Crippen LogP contribution in [0.2, 0.25) is 0 Å². The summed E-state index contributed by atoms with van der Waals surface area (Å²) in [6.07, 6.45) is 3.72. The second-order valence-corrected chi connectivity index (χ2v) is 4.70. The molecule has 0 spiro atoms. The standard InChI is InChI=1S/C13H20N6O/c1-4-19-12(11(14)10(3)17-19)13(20)15-5-6-18-8-9(2)7-16-18/h7-8H,4-6,14H2,1-3H3,(H,15,20). The summed E-state index contributed by atoms with van der Waals surface area (Å²) in [6, 6.07) is 0. The van der Waals surface area contributed by atoms with Gasteiger partial charge >= 0.3 is 0 Å². The topological polar surface area (TPSA) is 90.8 Å². The smallest absolute Gasteiger partial charge is 0.271 e. The summed E-state index contributed by atoms with van der Waals surface area (Å²) in [5, 5.41) is 11.2. The second-order valence-electron chi connectivity index (χ2n) is 4.70. The Morgan fingerprint density at radius 1 is 1.45 bits per heavy atom. The van der Waals surface area contributed by atoms with E-state index < -0.39 is 0 Å². The number of nitrogens with two attached hydrogens (primary N) is 1. The molecule has 7 heteroatoms. The van der Waals surface area contributed by atoms with Crippen LogP contribution >= 0.6 is 0 Å². The maximum Gasteiger partial charge on any atom is 0.271 e. The van der Waals surface area contributed by atoms with E-state index in [1.165, 1.54) is 0 Å². The number of nitrogens with zero attached hydrogens (tertiary/aromatic N) is 4. The number of aryl methyl sites for hydroxylation is 3. The van der Waals surface area contributed by atoms with E-state index in [0.29, 0.717) is 36.7 Å². The average molecular weight is 276 g/mol. The lowest BCUT2D eigenvalue weighted by atomic mass is 10.3. The van der Waals surface area contributed by atoms with Gasteiger partial charge in [0.1, 0.15) is 5.69 Å². The third-order valence-electron chi connectivity index (χ3n) is 3.08. The van der Waals surface area contributed by atoms with Gasteiger partial charge in [0, 0.05) is 19.3 Å². The first kappa shape index (κ1) is 14.1. The molecular weight excluding hydrogens is 256 g/mol. The first-order valence-electron chi connectivity index (χ1n) is 6.63. The highest BCUT2D eigenvalue weighted by Gasteiger charge is 2.18. The van der Waals surface area contributed by atoms with Gasteiger partial charge in [0.25, 0.3) is 5.91 Å². The van der Waals surface area contributed by atoms with Crippen molar-refractivity contribution in [2.24, 2.45) is 0 Å². The van der Waals surface area contributed by atoms with Crippen LogP contribution in [0.4, 0.5) is 5.69 Å². The van der Waals surface area contributed by atoms with E-state index in [1.807, 2.05) is 20.0 Å². The Labute approximate surface area is 117 Å². The van der Waals surface area contributed by atoms with Gasteiger partial charge in [-0.3, -0.25) is 14.2 Å². The Balaban J connectivity index is 1.98. The summed E-state index contributed by atoms with van der Waals surface area (Å²) in [4.78, 5) is 12.2. The minimum atomic E-state index is -0.200. The molecule has 7 nitrogen and oxygen atoms in total. The van der Waals surface area contributed by atoms with Gasteiger partial charge in [-0.25, -0.2) is 0 Å². The number of carbonyl (C=O) groups is 1. The Kier molecular flexibility index (Phi) is 4.07. The Morgan fingerprint density at radius 2 is 2.20 bits per heavy atom. The van der Waals surface area contributed by atoms with E-state index in [2.05, 4.69) is 15.5 Å². The van der Waals surface area contributed by atoms with Crippen molar-refractivity contribution >= 4 is 11.6 Å². The molecule has 108 valence electrons. The number of anilines is 1. The van der Waals surface area contributed by atoms with E-state index in [4.69, 9.17) is 5.73 Å². The summed E-state index contributed by atoms with van der Waals surface area (Å²) in [6.45, 7) is 7.43. The molecule has 0 unspecified atom stereocenters. The van der Waals surface area contributed by atoms with Crippen molar-refractivity contribution in [2.45, 2.75) is 33.9 Å². The van der Waals surface area contributed by atoms with Crippen LogP contribution in [0.5, 0.6) is 0 Å². The van der Waals surface area contributed by atoms with Crippen LogP contribution in [0.15, 0.2) is 12.4 Å². The zero-order valence-electron chi connectivity index (χ0n) is 12.1. The molecule has 0 atom stereocenters. The number of hydrogen-bond acceptors (Lipinski definition) is 4. The molecule has 2 aromatic heterocycles. The highest BCUT2D eigenvalue weighted by atomic mass is 16.2. The Morgan fingerprint density at radius 3 is 2.80 bits per heavy atom. The van der Waals surface area contributed by atoms with Gasteiger partial charge in [0.05, 0.1) is 24.1 Å². The lowest BCUT2D eigenvalue weighted by Gasteiger charge is -2.07. The molecule has 0 aromatic carbocycles. The third-order valence-corrected chi connectivity index (χ3v) is 3.08. The monoisotopic (exact) mass is 276 g/mol. The third kappa shape index (κ3) is 2.81. The summed E-state index contributed by atoms with van der Waals surface area (Å²) >= 11 is 0. The average Bonchev–Trinajstić information content (AvgIpc) is 2.94. The number of hydrogen-bond donors (Lipinski definition) is 2.